The van der Waals surface area contributed by atoms with Crippen LogP contribution in [0.15, 0.2) is 18.2 Å². The molecule has 0 atom stereocenters. The second-order valence-electron chi connectivity index (χ2n) is 4.20. The van der Waals surface area contributed by atoms with Crippen LogP contribution < -0.4 is 5.32 Å². The SMILES string of the molecule is Cc1ccc(NC(=O)CC2CC2)cc1O. The largest absolute Gasteiger partial charge is 0.508 e. The number of aryl methyl sites for hydroxylation is 1. The lowest BCUT2D eigenvalue weighted by Crippen LogP contribution is -2.11. The van der Waals surface area contributed by atoms with Gasteiger partial charge in [0.2, 0.25) is 5.91 Å². The standard InChI is InChI=1S/C12H15NO2/c1-8-2-5-10(7-11(8)14)13-12(15)6-9-3-4-9/h2,5,7,9,14H,3-4,6H2,1H3,(H,13,15). The molecule has 0 aliphatic heterocycles. The van der Waals surface area contributed by atoms with Gasteiger partial charge in [-0.1, -0.05) is 6.07 Å². The highest BCUT2D eigenvalue weighted by Crippen LogP contribution is 2.32. The Morgan fingerprint density at radius 1 is 1.53 bits per heavy atom. The fourth-order valence-corrected chi connectivity index (χ4v) is 1.48. The molecule has 0 aromatic heterocycles. The number of hydrogen-bond donors (Lipinski definition) is 2. The van der Waals surface area contributed by atoms with Crippen molar-refractivity contribution >= 4 is 11.6 Å². The summed E-state index contributed by atoms with van der Waals surface area (Å²) in [5.41, 5.74) is 1.49. The molecule has 2 N–H and O–H groups in total. The lowest BCUT2D eigenvalue weighted by molar-refractivity contribution is -0.116. The first-order valence-corrected chi connectivity index (χ1v) is 5.24. The number of carbonyl (C=O) groups excluding carboxylic acids is 1. The van der Waals surface area contributed by atoms with Crippen LogP contribution in [0.25, 0.3) is 0 Å². The number of aromatic hydroxyl groups is 1. The number of anilines is 1. The summed E-state index contributed by atoms with van der Waals surface area (Å²) in [6, 6.07) is 5.18. The average Bonchev–Trinajstić information content (AvgIpc) is 2.95. The topological polar surface area (TPSA) is 49.3 Å². The van der Waals surface area contributed by atoms with Crippen molar-refractivity contribution in [3.63, 3.8) is 0 Å². The van der Waals surface area contributed by atoms with Crippen molar-refractivity contribution in [1.29, 1.82) is 0 Å². The van der Waals surface area contributed by atoms with Gasteiger partial charge in [-0.15, -0.1) is 0 Å². The Morgan fingerprint density at radius 2 is 2.27 bits per heavy atom. The minimum Gasteiger partial charge on any atom is -0.508 e. The van der Waals surface area contributed by atoms with Gasteiger partial charge in [0.05, 0.1) is 0 Å². The van der Waals surface area contributed by atoms with Crippen molar-refractivity contribution in [2.24, 2.45) is 5.92 Å². The van der Waals surface area contributed by atoms with Crippen LogP contribution in [0, 0.1) is 12.8 Å². The summed E-state index contributed by atoms with van der Waals surface area (Å²) in [7, 11) is 0. The number of benzene rings is 1. The first-order valence-electron chi connectivity index (χ1n) is 5.24. The van der Waals surface area contributed by atoms with E-state index in [0.717, 1.165) is 5.56 Å². The van der Waals surface area contributed by atoms with Gasteiger partial charge in [-0.3, -0.25) is 4.79 Å². The quantitative estimate of drug-likeness (QED) is 0.796. The highest BCUT2D eigenvalue weighted by Gasteiger charge is 2.24. The maximum atomic E-state index is 11.5. The molecule has 15 heavy (non-hydrogen) atoms. The molecule has 1 amide bonds. The van der Waals surface area contributed by atoms with Crippen LogP contribution in [-0.2, 0) is 4.79 Å². The molecule has 0 unspecified atom stereocenters. The molecule has 1 aromatic rings. The third-order valence-electron chi connectivity index (χ3n) is 2.66. The first kappa shape index (κ1) is 10.0. The van der Waals surface area contributed by atoms with Crippen molar-refractivity contribution in [2.45, 2.75) is 26.2 Å². The van der Waals surface area contributed by atoms with E-state index in [2.05, 4.69) is 5.32 Å². The second kappa shape index (κ2) is 3.93. The molecule has 1 saturated carbocycles. The van der Waals surface area contributed by atoms with Crippen LogP contribution >= 0.6 is 0 Å². The summed E-state index contributed by atoms with van der Waals surface area (Å²) < 4.78 is 0. The Labute approximate surface area is 89.1 Å². The van der Waals surface area contributed by atoms with Crippen LogP contribution in [0.2, 0.25) is 0 Å². The number of amides is 1. The van der Waals surface area contributed by atoms with Crippen molar-refractivity contribution in [3.05, 3.63) is 23.8 Å². The number of hydrogen-bond acceptors (Lipinski definition) is 2. The Bertz CT molecular complexity index is 383. The maximum absolute atomic E-state index is 11.5. The van der Waals surface area contributed by atoms with Gasteiger partial charge >= 0.3 is 0 Å². The molecule has 1 aliphatic rings. The number of carbonyl (C=O) groups is 1. The molecule has 2 rings (SSSR count). The van der Waals surface area contributed by atoms with Gasteiger partial charge in [-0.05, 0) is 37.3 Å². The third kappa shape index (κ3) is 2.72. The van der Waals surface area contributed by atoms with Gasteiger partial charge in [0.25, 0.3) is 0 Å². The molecule has 3 nitrogen and oxygen atoms in total. The molecule has 80 valence electrons. The van der Waals surface area contributed by atoms with Gasteiger partial charge < -0.3 is 10.4 Å². The normalized spacial score (nSPS) is 15.0. The minimum atomic E-state index is 0.0424. The molecule has 3 heteroatoms. The predicted octanol–water partition coefficient (Wildman–Crippen LogP) is 2.44. The summed E-state index contributed by atoms with van der Waals surface area (Å²) in [6.07, 6.45) is 2.95. The van der Waals surface area contributed by atoms with E-state index >= 15 is 0 Å². The molecule has 0 bridgehead atoms. The lowest BCUT2D eigenvalue weighted by Gasteiger charge is -2.06. The smallest absolute Gasteiger partial charge is 0.224 e. The number of phenols is 1. The molecule has 1 aliphatic carbocycles. The highest BCUT2D eigenvalue weighted by atomic mass is 16.3. The van der Waals surface area contributed by atoms with Crippen molar-refractivity contribution in [3.8, 4) is 5.75 Å². The predicted molar refractivity (Wildman–Crippen MR) is 58.8 cm³/mol. The molecule has 1 aromatic carbocycles. The van der Waals surface area contributed by atoms with E-state index in [4.69, 9.17) is 0 Å². The van der Waals surface area contributed by atoms with E-state index in [9.17, 15) is 9.90 Å². The Balaban J connectivity index is 1.97. The summed E-state index contributed by atoms with van der Waals surface area (Å²) in [5, 5.41) is 12.2. The van der Waals surface area contributed by atoms with E-state index in [1.165, 1.54) is 12.8 Å². The third-order valence-corrected chi connectivity index (χ3v) is 2.66. The van der Waals surface area contributed by atoms with E-state index in [1.807, 2.05) is 6.92 Å². The zero-order valence-electron chi connectivity index (χ0n) is 8.79. The Kier molecular flexibility index (Phi) is 2.62. The minimum absolute atomic E-state index is 0.0424. The van der Waals surface area contributed by atoms with Gasteiger partial charge in [-0.2, -0.15) is 0 Å². The van der Waals surface area contributed by atoms with Gasteiger partial charge in [0.1, 0.15) is 5.75 Å². The van der Waals surface area contributed by atoms with Crippen LogP contribution in [0.3, 0.4) is 0 Å². The van der Waals surface area contributed by atoms with Gasteiger partial charge in [-0.25, -0.2) is 0 Å². The second-order valence-corrected chi connectivity index (χ2v) is 4.20. The summed E-state index contributed by atoms with van der Waals surface area (Å²) in [5.74, 6) is 0.851. The fourth-order valence-electron chi connectivity index (χ4n) is 1.48. The number of rotatable bonds is 3. The highest BCUT2D eigenvalue weighted by molar-refractivity contribution is 5.91. The number of nitrogens with one attached hydrogen (secondary N) is 1. The molecular formula is C12H15NO2. The van der Waals surface area contributed by atoms with Crippen LogP contribution in [0.5, 0.6) is 5.75 Å². The van der Waals surface area contributed by atoms with E-state index in [1.54, 1.807) is 18.2 Å². The van der Waals surface area contributed by atoms with Crippen LogP contribution in [0.1, 0.15) is 24.8 Å². The average molecular weight is 205 g/mol. The molecule has 0 radical (unpaired) electrons. The van der Waals surface area contributed by atoms with Crippen molar-refractivity contribution in [2.75, 3.05) is 5.32 Å². The molecule has 0 spiro atoms. The summed E-state index contributed by atoms with van der Waals surface area (Å²) in [6.45, 7) is 1.82. The van der Waals surface area contributed by atoms with E-state index in [0.29, 0.717) is 18.0 Å². The van der Waals surface area contributed by atoms with Gasteiger partial charge in [0.15, 0.2) is 0 Å². The maximum Gasteiger partial charge on any atom is 0.224 e. The molecule has 1 fully saturated rings. The summed E-state index contributed by atoms with van der Waals surface area (Å²) in [4.78, 5) is 11.5. The van der Waals surface area contributed by atoms with Crippen molar-refractivity contribution < 1.29 is 9.90 Å². The molecule has 0 heterocycles. The zero-order chi connectivity index (χ0) is 10.8. The Hall–Kier alpha value is -1.51. The van der Waals surface area contributed by atoms with Gasteiger partial charge in [0, 0.05) is 18.2 Å². The lowest BCUT2D eigenvalue weighted by atomic mass is 10.2. The summed E-state index contributed by atoms with van der Waals surface area (Å²) >= 11 is 0. The van der Waals surface area contributed by atoms with Crippen LogP contribution in [-0.4, -0.2) is 11.0 Å². The monoisotopic (exact) mass is 205 g/mol. The van der Waals surface area contributed by atoms with Crippen molar-refractivity contribution in [1.82, 2.24) is 0 Å². The Morgan fingerprint density at radius 3 is 2.87 bits per heavy atom. The van der Waals surface area contributed by atoms with E-state index in [-0.39, 0.29) is 11.7 Å². The zero-order valence-corrected chi connectivity index (χ0v) is 8.79. The fraction of sp³-hybridized carbons (Fsp3) is 0.417. The molecular weight excluding hydrogens is 190 g/mol. The molecule has 0 saturated heterocycles. The van der Waals surface area contributed by atoms with Crippen LogP contribution in [0.4, 0.5) is 5.69 Å². The first-order chi connectivity index (χ1) is 7.15. The number of phenolic OH excluding ortho intramolecular Hbond substituents is 1. The van der Waals surface area contributed by atoms with E-state index < -0.39 is 0 Å².